The van der Waals surface area contributed by atoms with Gasteiger partial charge in [-0.25, -0.2) is 4.98 Å². The highest BCUT2D eigenvalue weighted by molar-refractivity contribution is 7.80. The molecule has 2 N–H and O–H groups in total. The Morgan fingerprint density at radius 1 is 1.35 bits per heavy atom. The van der Waals surface area contributed by atoms with Crippen LogP contribution < -0.4 is 15.4 Å². The number of aromatic nitrogens is 3. The zero-order chi connectivity index (χ0) is 16.2. The Morgan fingerprint density at radius 3 is 2.83 bits per heavy atom. The van der Waals surface area contributed by atoms with Crippen molar-refractivity contribution in [2.75, 3.05) is 19.4 Å². The topological polar surface area (TPSA) is 67.1 Å². The van der Waals surface area contributed by atoms with Crippen molar-refractivity contribution in [2.24, 2.45) is 4.99 Å². The van der Waals surface area contributed by atoms with Crippen LogP contribution in [0, 0.1) is 0 Å². The van der Waals surface area contributed by atoms with E-state index in [0.717, 1.165) is 16.2 Å². The highest BCUT2D eigenvalue weighted by Gasteiger charge is 2.12. The Balaban J connectivity index is 2.08. The van der Waals surface area contributed by atoms with Crippen LogP contribution in [-0.4, -0.2) is 33.7 Å². The van der Waals surface area contributed by atoms with Crippen LogP contribution in [0.1, 0.15) is 5.56 Å². The Morgan fingerprint density at radius 2 is 2.13 bits per heavy atom. The van der Waals surface area contributed by atoms with Crippen LogP contribution in [0.2, 0.25) is 0 Å². The van der Waals surface area contributed by atoms with Crippen molar-refractivity contribution in [3.05, 3.63) is 47.0 Å². The fraction of sp³-hybridized carbons (Fsp3) is 0.200. The van der Waals surface area contributed by atoms with E-state index in [2.05, 4.69) is 37.7 Å². The summed E-state index contributed by atoms with van der Waals surface area (Å²) in [6.07, 6.45) is 1.80. The number of anilines is 1. The standard InChI is InChI=1S/C15H16N6S2/c1-16-14(22)20-13-11-12(19-15(17-2)23-13)21(9-18-11)8-10-6-4-3-5-7-10/h3-7,9H,8H2,1-2H3,(H2,16,20,22). The number of nitrogens with zero attached hydrogens (tertiary/aromatic N) is 4. The summed E-state index contributed by atoms with van der Waals surface area (Å²) in [7, 11) is 3.50. The molecule has 0 aliphatic carbocycles. The zero-order valence-electron chi connectivity index (χ0n) is 12.8. The summed E-state index contributed by atoms with van der Waals surface area (Å²) in [5.74, 6) is 0. The van der Waals surface area contributed by atoms with Gasteiger partial charge >= 0.3 is 0 Å². The van der Waals surface area contributed by atoms with E-state index in [1.165, 1.54) is 16.9 Å². The molecule has 3 rings (SSSR count). The number of benzene rings is 1. The van der Waals surface area contributed by atoms with E-state index in [-0.39, 0.29) is 0 Å². The monoisotopic (exact) mass is 344 g/mol. The van der Waals surface area contributed by atoms with Gasteiger partial charge in [-0.2, -0.15) is 4.98 Å². The summed E-state index contributed by atoms with van der Waals surface area (Å²) in [4.78, 5) is 14.0. The molecule has 0 amide bonds. The molecule has 0 spiro atoms. The number of hydrogen-bond acceptors (Lipinski definition) is 5. The molecule has 8 heteroatoms. The normalized spacial score (nSPS) is 11.7. The smallest absolute Gasteiger partial charge is 0.208 e. The third-order valence-corrected chi connectivity index (χ3v) is 4.52. The molecule has 0 saturated carbocycles. The SMILES string of the molecule is CN=c1nc2c(ncn2Cc2ccccc2)c(NC(=S)NC)s1. The van der Waals surface area contributed by atoms with E-state index in [4.69, 9.17) is 12.2 Å². The third kappa shape index (κ3) is 3.38. The maximum Gasteiger partial charge on any atom is 0.208 e. The van der Waals surface area contributed by atoms with Crippen molar-refractivity contribution < 1.29 is 0 Å². The van der Waals surface area contributed by atoms with Crippen LogP contribution in [0.3, 0.4) is 0 Å². The predicted molar refractivity (Wildman–Crippen MR) is 97.7 cm³/mol. The molecule has 0 unspecified atom stereocenters. The maximum absolute atomic E-state index is 5.19. The van der Waals surface area contributed by atoms with Gasteiger partial charge in [-0.3, -0.25) is 4.99 Å². The molecule has 1 aromatic carbocycles. The van der Waals surface area contributed by atoms with Crippen LogP contribution in [0.15, 0.2) is 41.7 Å². The van der Waals surface area contributed by atoms with Crippen LogP contribution >= 0.6 is 23.6 Å². The quantitative estimate of drug-likeness (QED) is 0.711. The van der Waals surface area contributed by atoms with Gasteiger partial charge in [0.25, 0.3) is 0 Å². The number of hydrogen-bond donors (Lipinski definition) is 2. The van der Waals surface area contributed by atoms with Gasteiger partial charge in [0, 0.05) is 14.1 Å². The van der Waals surface area contributed by atoms with Crippen LogP contribution in [0.25, 0.3) is 11.2 Å². The second kappa shape index (κ2) is 6.84. The number of fused-ring (bicyclic) bond motifs is 1. The minimum Gasteiger partial charge on any atom is -0.366 e. The highest BCUT2D eigenvalue weighted by Crippen LogP contribution is 2.22. The van der Waals surface area contributed by atoms with Crippen LogP contribution in [0.5, 0.6) is 0 Å². The highest BCUT2D eigenvalue weighted by atomic mass is 32.1. The molecule has 2 aromatic heterocycles. The second-order valence-corrected chi connectivity index (χ2v) is 6.17. The number of nitrogens with one attached hydrogen (secondary N) is 2. The zero-order valence-corrected chi connectivity index (χ0v) is 14.4. The average Bonchev–Trinajstić information content (AvgIpc) is 2.98. The molecule has 0 radical (unpaired) electrons. The minimum atomic E-state index is 0.536. The van der Waals surface area contributed by atoms with Crippen LogP contribution in [-0.2, 0) is 6.54 Å². The number of imidazole rings is 1. The van der Waals surface area contributed by atoms with E-state index < -0.39 is 0 Å². The summed E-state index contributed by atoms with van der Waals surface area (Å²) in [5.41, 5.74) is 2.77. The van der Waals surface area contributed by atoms with Crippen LogP contribution in [0.4, 0.5) is 5.00 Å². The van der Waals surface area contributed by atoms with Gasteiger partial charge in [-0.15, -0.1) is 0 Å². The molecule has 0 aliphatic heterocycles. The van der Waals surface area contributed by atoms with E-state index in [9.17, 15) is 0 Å². The van der Waals surface area contributed by atoms with Gasteiger partial charge in [0.2, 0.25) is 4.80 Å². The van der Waals surface area contributed by atoms with Crippen molar-refractivity contribution in [3.8, 4) is 0 Å². The third-order valence-electron chi connectivity index (χ3n) is 3.26. The van der Waals surface area contributed by atoms with Gasteiger partial charge in [-0.05, 0) is 17.8 Å². The molecule has 0 saturated heterocycles. The molecule has 6 nitrogen and oxygen atoms in total. The predicted octanol–water partition coefficient (Wildman–Crippen LogP) is 1.99. The lowest BCUT2D eigenvalue weighted by atomic mass is 10.2. The Bertz CT molecular complexity index is 897. The minimum absolute atomic E-state index is 0.536. The molecular formula is C15H16N6S2. The largest absolute Gasteiger partial charge is 0.366 e. The first kappa shape index (κ1) is 15.6. The first-order chi connectivity index (χ1) is 11.2. The molecule has 0 atom stereocenters. The Kier molecular flexibility index (Phi) is 4.63. The summed E-state index contributed by atoms with van der Waals surface area (Å²) < 4.78 is 2.01. The first-order valence-electron chi connectivity index (χ1n) is 7.02. The van der Waals surface area contributed by atoms with Gasteiger partial charge < -0.3 is 15.2 Å². The molecule has 118 valence electrons. The summed E-state index contributed by atoms with van der Waals surface area (Å²) in [6, 6.07) is 10.2. The lowest BCUT2D eigenvalue weighted by Crippen LogP contribution is -2.24. The maximum atomic E-state index is 5.19. The number of thiocarbonyl (C=S) groups is 1. The van der Waals surface area contributed by atoms with E-state index in [1.807, 2.05) is 22.8 Å². The summed E-state index contributed by atoms with van der Waals surface area (Å²) in [6.45, 7) is 0.706. The van der Waals surface area contributed by atoms with Gasteiger partial charge in [-0.1, -0.05) is 41.7 Å². The van der Waals surface area contributed by atoms with Crippen molar-refractivity contribution in [1.82, 2.24) is 19.9 Å². The molecular weight excluding hydrogens is 328 g/mol. The van der Waals surface area contributed by atoms with Crippen molar-refractivity contribution in [2.45, 2.75) is 6.54 Å². The first-order valence-corrected chi connectivity index (χ1v) is 8.25. The number of rotatable bonds is 3. The molecule has 0 fully saturated rings. The van der Waals surface area contributed by atoms with Gasteiger partial charge in [0.05, 0.1) is 12.9 Å². The van der Waals surface area contributed by atoms with Crippen molar-refractivity contribution in [1.29, 1.82) is 0 Å². The second-order valence-electron chi connectivity index (χ2n) is 4.78. The Labute approximate surface area is 142 Å². The van der Waals surface area contributed by atoms with E-state index in [1.54, 1.807) is 20.4 Å². The van der Waals surface area contributed by atoms with E-state index >= 15 is 0 Å². The van der Waals surface area contributed by atoms with Gasteiger partial charge in [0.15, 0.2) is 10.8 Å². The van der Waals surface area contributed by atoms with E-state index in [0.29, 0.717) is 16.5 Å². The molecule has 0 bridgehead atoms. The van der Waals surface area contributed by atoms with Gasteiger partial charge in [0.1, 0.15) is 10.5 Å². The lowest BCUT2D eigenvalue weighted by molar-refractivity contribution is 0.812. The van der Waals surface area contributed by atoms with Crippen molar-refractivity contribution in [3.63, 3.8) is 0 Å². The fourth-order valence-electron chi connectivity index (χ4n) is 2.15. The molecule has 3 aromatic rings. The lowest BCUT2D eigenvalue weighted by Gasteiger charge is -2.07. The molecule has 2 heterocycles. The molecule has 23 heavy (non-hydrogen) atoms. The Hall–Kier alpha value is -2.32. The fourth-order valence-corrected chi connectivity index (χ4v) is 3.11. The summed E-state index contributed by atoms with van der Waals surface area (Å²) >= 11 is 6.61. The summed E-state index contributed by atoms with van der Waals surface area (Å²) in [5, 5.41) is 7.42. The average molecular weight is 344 g/mol. The van der Waals surface area contributed by atoms with Crippen molar-refractivity contribution >= 4 is 44.8 Å². The molecule has 0 aliphatic rings.